The fraction of sp³-hybridized carbons (Fsp3) is 0.647. The van der Waals surface area contributed by atoms with E-state index in [2.05, 4.69) is 55.4 Å². The highest BCUT2D eigenvalue weighted by Crippen LogP contribution is 2.18. The SMILES string of the molecule is Cc1cccc([C@@H](C)NCCC2CCCCN2C)c1. The number of aryl methyl sites for hydroxylation is 1. The number of likely N-dealkylation sites (tertiary alicyclic amines) is 1. The van der Waals surface area contributed by atoms with E-state index in [1.54, 1.807) is 0 Å². The molecule has 1 unspecified atom stereocenters. The maximum atomic E-state index is 3.67. The average molecular weight is 260 g/mol. The third-order valence-corrected chi connectivity index (χ3v) is 4.39. The zero-order chi connectivity index (χ0) is 13.7. The van der Waals surface area contributed by atoms with Gasteiger partial charge >= 0.3 is 0 Å². The van der Waals surface area contributed by atoms with Gasteiger partial charge in [0.25, 0.3) is 0 Å². The van der Waals surface area contributed by atoms with Crippen LogP contribution in [0.1, 0.15) is 49.8 Å². The van der Waals surface area contributed by atoms with Crippen molar-refractivity contribution in [3.8, 4) is 0 Å². The first-order chi connectivity index (χ1) is 9.16. The Bertz CT molecular complexity index is 389. The first-order valence-electron chi connectivity index (χ1n) is 7.67. The Morgan fingerprint density at radius 3 is 2.95 bits per heavy atom. The molecule has 2 rings (SSSR count). The molecule has 1 aliphatic rings. The van der Waals surface area contributed by atoms with Gasteiger partial charge in [0.15, 0.2) is 0 Å². The Balaban J connectivity index is 1.76. The van der Waals surface area contributed by atoms with E-state index >= 15 is 0 Å². The molecule has 0 bridgehead atoms. The van der Waals surface area contributed by atoms with Gasteiger partial charge in [-0.25, -0.2) is 0 Å². The molecule has 0 radical (unpaired) electrons. The van der Waals surface area contributed by atoms with Crippen molar-refractivity contribution in [2.75, 3.05) is 20.1 Å². The molecule has 0 aromatic heterocycles. The van der Waals surface area contributed by atoms with Gasteiger partial charge in [0.05, 0.1) is 0 Å². The van der Waals surface area contributed by atoms with E-state index in [9.17, 15) is 0 Å². The monoisotopic (exact) mass is 260 g/mol. The van der Waals surface area contributed by atoms with E-state index in [0.717, 1.165) is 12.6 Å². The molecule has 0 spiro atoms. The first-order valence-corrected chi connectivity index (χ1v) is 7.67. The summed E-state index contributed by atoms with van der Waals surface area (Å²) in [5, 5.41) is 3.67. The molecule has 1 saturated heterocycles. The molecule has 0 amide bonds. The molecule has 2 atom stereocenters. The Labute approximate surface area is 118 Å². The normalized spacial score (nSPS) is 22.4. The predicted molar refractivity (Wildman–Crippen MR) is 82.5 cm³/mol. The van der Waals surface area contributed by atoms with Crippen molar-refractivity contribution in [2.45, 2.75) is 51.6 Å². The summed E-state index contributed by atoms with van der Waals surface area (Å²) >= 11 is 0. The lowest BCUT2D eigenvalue weighted by molar-refractivity contribution is 0.174. The third-order valence-electron chi connectivity index (χ3n) is 4.39. The fourth-order valence-corrected chi connectivity index (χ4v) is 3.03. The van der Waals surface area contributed by atoms with Gasteiger partial charge in [0.1, 0.15) is 0 Å². The summed E-state index contributed by atoms with van der Waals surface area (Å²) < 4.78 is 0. The first kappa shape index (κ1) is 14.5. The molecular weight excluding hydrogens is 232 g/mol. The molecule has 106 valence electrons. The van der Waals surface area contributed by atoms with Crippen LogP contribution in [0.3, 0.4) is 0 Å². The number of rotatable bonds is 5. The fourth-order valence-electron chi connectivity index (χ4n) is 3.03. The van der Waals surface area contributed by atoms with E-state index in [-0.39, 0.29) is 0 Å². The largest absolute Gasteiger partial charge is 0.310 e. The summed E-state index contributed by atoms with van der Waals surface area (Å²) in [6.07, 6.45) is 5.42. The van der Waals surface area contributed by atoms with Crippen LogP contribution in [0.15, 0.2) is 24.3 Å². The van der Waals surface area contributed by atoms with Crippen molar-refractivity contribution in [3.05, 3.63) is 35.4 Å². The zero-order valence-corrected chi connectivity index (χ0v) is 12.7. The van der Waals surface area contributed by atoms with E-state index in [1.807, 2.05) is 0 Å². The number of nitrogens with one attached hydrogen (secondary N) is 1. The van der Waals surface area contributed by atoms with Crippen molar-refractivity contribution < 1.29 is 0 Å². The summed E-state index contributed by atoms with van der Waals surface area (Å²) in [6.45, 7) is 6.81. The molecule has 1 aromatic rings. The van der Waals surface area contributed by atoms with Gasteiger partial charge in [-0.05, 0) is 58.8 Å². The van der Waals surface area contributed by atoms with Gasteiger partial charge in [-0.15, -0.1) is 0 Å². The van der Waals surface area contributed by atoms with Crippen LogP contribution in [0.2, 0.25) is 0 Å². The van der Waals surface area contributed by atoms with Gasteiger partial charge in [-0.1, -0.05) is 36.2 Å². The van der Waals surface area contributed by atoms with Crippen LogP contribution in [0, 0.1) is 6.92 Å². The lowest BCUT2D eigenvalue weighted by Crippen LogP contribution is -2.38. The molecule has 1 aromatic carbocycles. The van der Waals surface area contributed by atoms with Gasteiger partial charge < -0.3 is 10.2 Å². The maximum absolute atomic E-state index is 3.67. The minimum absolute atomic E-state index is 0.453. The molecule has 0 aliphatic carbocycles. The van der Waals surface area contributed by atoms with Gasteiger partial charge in [0.2, 0.25) is 0 Å². The average Bonchev–Trinajstić information content (AvgIpc) is 2.41. The van der Waals surface area contributed by atoms with Crippen LogP contribution in [0.4, 0.5) is 0 Å². The molecule has 2 nitrogen and oxygen atoms in total. The van der Waals surface area contributed by atoms with Crippen LogP contribution in [-0.4, -0.2) is 31.1 Å². The Hall–Kier alpha value is -0.860. The zero-order valence-electron chi connectivity index (χ0n) is 12.7. The minimum Gasteiger partial charge on any atom is -0.310 e. The quantitative estimate of drug-likeness (QED) is 0.871. The molecule has 1 fully saturated rings. The number of hydrogen-bond acceptors (Lipinski definition) is 2. The summed E-state index contributed by atoms with van der Waals surface area (Å²) in [7, 11) is 2.27. The van der Waals surface area contributed by atoms with Crippen molar-refractivity contribution in [3.63, 3.8) is 0 Å². The number of hydrogen-bond donors (Lipinski definition) is 1. The highest BCUT2D eigenvalue weighted by Gasteiger charge is 2.18. The molecule has 1 aliphatic heterocycles. The second-order valence-electron chi connectivity index (χ2n) is 6.01. The van der Waals surface area contributed by atoms with E-state index in [0.29, 0.717) is 6.04 Å². The Morgan fingerprint density at radius 2 is 2.21 bits per heavy atom. The molecule has 1 N–H and O–H groups in total. The van der Waals surface area contributed by atoms with Crippen molar-refractivity contribution in [2.24, 2.45) is 0 Å². The van der Waals surface area contributed by atoms with Crippen LogP contribution in [-0.2, 0) is 0 Å². The molecule has 1 heterocycles. The minimum atomic E-state index is 0.453. The predicted octanol–water partition coefficient (Wildman–Crippen LogP) is 3.52. The maximum Gasteiger partial charge on any atom is 0.0291 e. The van der Waals surface area contributed by atoms with E-state index in [4.69, 9.17) is 0 Å². The summed E-state index contributed by atoms with van der Waals surface area (Å²) in [4.78, 5) is 2.53. The van der Waals surface area contributed by atoms with Crippen LogP contribution in [0.5, 0.6) is 0 Å². The third kappa shape index (κ3) is 4.32. The lowest BCUT2D eigenvalue weighted by atomic mass is 9.99. The number of piperidine rings is 1. The van der Waals surface area contributed by atoms with Crippen LogP contribution >= 0.6 is 0 Å². The molecule has 0 saturated carbocycles. The number of nitrogens with zero attached hydrogens (tertiary/aromatic N) is 1. The van der Waals surface area contributed by atoms with Gasteiger partial charge in [-0.2, -0.15) is 0 Å². The summed E-state index contributed by atoms with van der Waals surface area (Å²) in [6, 6.07) is 10.0. The Morgan fingerprint density at radius 1 is 1.37 bits per heavy atom. The molecular formula is C17H28N2. The lowest BCUT2D eigenvalue weighted by Gasteiger charge is -2.32. The smallest absolute Gasteiger partial charge is 0.0291 e. The standard InChI is InChI=1S/C17H28N2/c1-14-7-6-8-16(13-14)15(2)18-11-10-17-9-4-5-12-19(17)3/h6-8,13,15,17-18H,4-5,9-12H2,1-3H3/t15-,17?/m1/s1. The number of benzene rings is 1. The second kappa shape index (κ2) is 7.06. The van der Waals surface area contributed by atoms with Crippen LogP contribution < -0.4 is 5.32 Å². The summed E-state index contributed by atoms with van der Waals surface area (Å²) in [5.74, 6) is 0. The van der Waals surface area contributed by atoms with Crippen molar-refractivity contribution in [1.29, 1.82) is 0 Å². The van der Waals surface area contributed by atoms with Gasteiger partial charge in [0, 0.05) is 12.1 Å². The van der Waals surface area contributed by atoms with Crippen LogP contribution in [0.25, 0.3) is 0 Å². The topological polar surface area (TPSA) is 15.3 Å². The summed E-state index contributed by atoms with van der Waals surface area (Å²) in [5.41, 5.74) is 2.75. The molecule has 2 heteroatoms. The molecule has 19 heavy (non-hydrogen) atoms. The van der Waals surface area contributed by atoms with E-state index < -0.39 is 0 Å². The van der Waals surface area contributed by atoms with Crippen molar-refractivity contribution in [1.82, 2.24) is 10.2 Å². The van der Waals surface area contributed by atoms with Crippen molar-refractivity contribution >= 4 is 0 Å². The highest BCUT2D eigenvalue weighted by atomic mass is 15.1. The van der Waals surface area contributed by atoms with E-state index in [1.165, 1.54) is 43.4 Å². The van der Waals surface area contributed by atoms with Gasteiger partial charge in [-0.3, -0.25) is 0 Å². The Kier molecular flexibility index (Phi) is 5.41. The second-order valence-corrected chi connectivity index (χ2v) is 6.01. The highest BCUT2D eigenvalue weighted by molar-refractivity contribution is 5.24.